The molecular weight excluding hydrogens is 276 g/mol. The molecule has 2 rings (SSSR count). The van der Waals surface area contributed by atoms with E-state index < -0.39 is 5.97 Å². The number of carbonyl (C=O) groups is 1. The van der Waals surface area contributed by atoms with Gasteiger partial charge in [-0.25, -0.2) is 4.79 Å². The molecular formula is C19H20O3. The number of rotatable bonds is 5. The SMILES string of the molecule is CCOc1ccccc1/C=C/C(=O)Oc1ccc(C)c(C)c1. The number of benzene rings is 2. The molecule has 0 fully saturated rings. The summed E-state index contributed by atoms with van der Waals surface area (Å²) in [6.07, 6.45) is 3.11. The molecule has 0 atom stereocenters. The standard InChI is InChI=1S/C19H20O3/c1-4-21-18-8-6-5-7-16(18)10-12-19(20)22-17-11-9-14(2)15(3)13-17/h5-13H,4H2,1-3H3/b12-10+. The van der Waals surface area contributed by atoms with Gasteiger partial charge in [-0.1, -0.05) is 24.3 Å². The monoisotopic (exact) mass is 296 g/mol. The highest BCUT2D eigenvalue weighted by atomic mass is 16.5. The van der Waals surface area contributed by atoms with E-state index >= 15 is 0 Å². The molecule has 0 spiro atoms. The van der Waals surface area contributed by atoms with E-state index in [-0.39, 0.29) is 0 Å². The van der Waals surface area contributed by atoms with Crippen LogP contribution in [0.15, 0.2) is 48.5 Å². The van der Waals surface area contributed by atoms with Gasteiger partial charge in [0, 0.05) is 11.6 Å². The second-order valence-corrected chi connectivity index (χ2v) is 4.97. The number of esters is 1. The lowest BCUT2D eigenvalue weighted by molar-refractivity contribution is -0.128. The van der Waals surface area contributed by atoms with Gasteiger partial charge in [-0.15, -0.1) is 0 Å². The third-order valence-corrected chi connectivity index (χ3v) is 3.31. The predicted octanol–water partition coefficient (Wildman–Crippen LogP) is 4.32. The summed E-state index contributed by atoms with van der Waals surface area (Å²) in [7, 11) is 0. The highest BCUT2D eigenvalue weighted by molar-refractivity contribution is 5.89. The minimum atomic E-state index is -0.408. The number of hydrogen-bond acceptors (Lipinski definition) is 3. The van der Waals surface area contributed by atoms with E-state index in [1.165, 1.54) is 11.6 Å². The van der Waals surface area contributed by atoms with Gasteiger partial charge in [-0.2, -0.15) is 0 Å². The molecule has 0 N–H and O–H groups in total. The Morgan fingerprint density at radius 1 is 1.09 bits per heavy atom. The van der Waals surface area contributed by atoms with Gasteiger partial charge in [-0.3, -0.25) is 0 Å². The van der Waals surface area contributed by atoms with Gasteiger partial charge in [0.15, 0.2) is 0 Å². The molecule has 0 aliphatic carbocycles. The van der Waals surface area contributed by atoms with E-state index in [1.807, 2.05) is 57.2 Å². The summed E-state index contributed by atoms with van der Waals surface area (Å²) in [5, 5.41) is 0. The Kier molecular flexibility index (Phi) is 5.37. The summed E-state index contributed by atoms with van der Waals surface area (Å²) in [5.41, 5.74) is 3.11. The minimum absolute atomic E-state index is 0.408. The molecule has 0 aromatic heterocycles. The first-order chi connectivity index (χ1) is 10.6. The zero-order chi connectivity index (χ0) is 15.9. The van der Waals surface area contributed by atoms with Crippen molar-refractivity contribution in [1.82, 2.24) is 0 Å². The Morgan fingerprint density at radius 2 is 1.86 bits per heavy atom. The van der Waals surface area contributed by atoms with Crippen LogP contribution in [0.3, 0.4) is 0 Å². The highest BCUT2D eigenvalue weighted by Gasteiger charge is 2.03. The topological polar surface area (TPSA) is 35.5 Å². The van der Waals surface area contributed by atoms with Gasteiger partial charge < -0.3 is 9.47 Å². The zero-order valence-electron chi connectivity index (χ0n) is 13.1. The molecule has 0 amide bonds. The van der Waals surface area contributed by atoms with Gasteiger partial charge in [0.25, 0.3) is 0 Å². The van der Waals surface area contributed by atoms with Gasteiger partial charge >= 0.3 is 5.97 Å². The van der Waals surface area contributed by atoms with Gasteiger partial charge in [0.05, 0.1) is 6.61 Å². The van der Waals surface area contributed by atoms with Crippen LogP contribution in [0.1, 0.15) is 23.6 Å². The molecule has 0 saturated carbocycles. The molecule has 0 aliphatic rings. The summed E-state index contributed by atoms with van der Waals surface area (Å²) in [5.74, 6) is 0.894. The first-order valence-corrected chi connectivity index (χ1v) is 7.29. The maximum atomic E-state index is 11.9. The largest absolute Gasteiger partial charge is 0.493 e. The molecule has 2 aromatic carbocycles. The molecule has 0 aliphatic heterocycles. The normalized spacial score (nSPS) is 10.7. The fourth-order valence-corrected chi connectivity index (χ4v) is 1.99. The second-order valence-electron chi connectivity index (χ2n) is 4.97. The fraction of sp³-hybridized carbons (Fsp3) is 0.211. The van der Waals surface area contributed by atoms with Crippen molar-refractivity contribution in [3.63, 3.8) is 0 Å². The molecule has 0 heterocycles. The molecule has 0 saturated heterocycles. The van der Waals surface area contributed by atoms with Crippen molar-refractivity contribution in [2.45, 2.75) is 20.8 Å². The van der Waals surface area contributed by atoms with Crippen LogP contribution in [-0.4, -0.2) is 12.6 Å². The quantitative estimate of drug-likeness (QED) is 0.468. The van der Waals surface area contributed by atoms with Crippen LogP contribution in [0.4, 0.5) is 0 Å². The Hall–Kier alpha value is -2.55. The molecule has 0 bridgehead atoms. The lowest BCUT2D eigenvalue weighted by Crippen LogP contribution is -2.04. The lowest BCUT2D eigenvalue weighted by atomic mass is 10.1. The molecule has 114 valence electrons. The number of hydrogen-bond donors (Lipinski definition) is 0. The molecule has 22 heavy (non-hydrogen) atoms. The number of ether oxygens (including phenoxy) is 2. The summed E-state index contributed by atoms with van der Waals surface area (Å²) < 4.78 is 10.8. The molecule has 2 aromatic rings. The predicted molar refractivity (Wildman–Crippen MR) is 88.2 cm³/mol. The van der Waals surface area contributed by atoms with Gasteiger partial charge in [0.2, 0.25) is 0 Å². The second kappa shape index (κ2) is 7.46. The smallest absolute Gasteiger partial charge is 0.336 e. The van der Waals surface area contributed by atoms with Crippen LogP contribution in [0.5, 0.6) is 11.5 Å². The highest BCUT2D eigenvalue weighted by Crippen LogP contribution is 2.20. The molecule has 0 radical (unpaired) electrons. The van der Waals surface area contributed by atoms with Crippen molar-refractivity contribution in [2.24, 2.45) is 0 Å². The van der Waals surface area contributed by atoms with Crippen molar-refractivity contribution in [2.75, 3.05) is 6.61 Å². The molecule has 0 unspecified atom stereocenters. The van der Waals surface area contributed by atoms with E-state index in [1.54, 1.807) is 12.1 Å². The van der Waals surface area contributed by atoms with E-state index in [0.29, 0.717) is 12.4 Å². The molecule has 3 heteroatoms. The number of para-hydroxylation sites is 1. The van der Waals surface area contributed by atoms with Crippen LogP contribution >= 0.6 is 0 Å². The summed E-state index contributed by atoms with van der Waals surface area (Å²) in [4.78, 5) is 11.9. The maximum absolute atomic E-state index is 11.9. The number of carbonyl (C=O) groups excluding carboxylic acids is 1. The lowest BCUT2D eigenvalue weighted by Gasteiger charge is -2.06. The molecule has 3 nitrogen and oxygen atoms in total. The van der Waals surface area contributed by atoms with Gasteiger partial charge in [0.1, 0.15) is 11.5 Å². The first-order valence-electron chi connectivity index (χ1n) is 7.29. The van der Waals surface area contributed by atoms with Crippen LogP contribution in [0.25, 0.3) is 6.08 Å². The van der Waals surface area contributed by atoms with Crippen LogP contribution in [0.2, 0.25) is 0 Å². The summed E-state index contributed by atoms with van der Waals surface area (Å²) >= 11 is 0. The van der Waals surface area contributed by atoms with Crippen molar-refractivity contribution < 1.29 is 14.3 Å². The minimum Gasteiger partial charge on any atom is -0.493 e. The van der Waals surface area contributed by atoms with Crippen molar-refractivity contribution >= 4 is 12.0 Å². The van der Waals surface area contributed by atoms with Crippen LogP contribution in [0, 0.1) is 13.8 Å². The van der Waals surface area contributed by atoms with Crippen LogP contribution in [-0.2, 0) is 4.79 Å². The van der Waals surface area contributed by atoms with E-state index in [4.69, 9.17) is 9.47 Å². The third kappa shape index (κ3) is 4.22. The van der Waals surface area contributed by atoms with Gasteiger partial charge in [-0.05, 0) is 56.2 Å². The first kappa shape index (κ1) is 15.8. The van der Waals surface area contributed by atoms with Crippen molar-refractivity contribution in [1.29, 1.82) is 0 Å². The maximum Gasteiger partial charge on any atom is 0.336 e. The number of aryl methyl sites for hydroxylation is 2. The third-order valence-electron chi connectivity index (χ3n) is 3.31. The van der Waals surface area contributed by atoms with Crippen molar-refractivity contribution in [3.8, 4) is 11.5 Å². The van der Waals surface area contributed by atoms with E-state index in [0.717, 1.165) is 16.9 Å². The fourth-order valence-electron chi connectivity index (χ4n) is 1.99. The summed E-state index contributed by atoms with van der Waals surface area (Å²) in [6.45, 7) is 6.51. The Bertz CT molecular complexity index is 687. The zero-order valence-corrected chi connectivity index (χ0v) is 13.1. The Labute approximate surface area is 131 Å². The van der Waals surface area contributed by atoms with Crippen molar-refractivity contribution in [3.05, 3.63) is 65.2 Å². The average Bonchev–Trinajstić information content (AvgIpc) is 2.50. The Balaban J connectivity index is 2.06. The van der Waals surface area contributed by atoms with E-state index in [2.05, 4.69) is 0 Å². The van der Waals surface area contributed by atoms with Crippen LogP contribution < -0.4 is 9.47 Å². The Morgan fingerprint density at radius 3 is 2.59 bits per heavy atom. The van der Waals surface area contributed by atoms with E-state index in [9.17, 15) is 4.79 Å². The average molecular weight is 296 g/mol. The summed E-state index contributed by atoms with van der Waals surface area (Å²) in [6, 6.07) is 13.2.